The Labute approximate surface area is 116 Å². The molecule has 2 N–H and O–H groups in total. The first-order valence-electron chi connectivity index (χ1n) is 7.80. The van der Waals surface area contributed by atoms with E-state index in [9.17, 15) is 0 Å². The van der Waals surface area contributed by atoms with Gasteiger partial charge < -0.3 is 10.6 Å². The van der Waals surface area contributed by atoms with E-state index in [1.165, 1.54) is 56.5 Å². The van der Waals surface area contributed by atoms with Crippen LogP contribution in [0.2, 0.25) is 0 Å². The van der Waals surface area contributed by atoms with Crippen LogP contribution in [0.5, 0.6) is 0 Å². The van der Waals surface area contributed by atoms with Crippen LogP contribution in [0.25, 0.3) is 0 Å². The highest BCUT2D eigenvalue weighted by Gasteiger charge is 2.33. The summed E-state index contributed by atoms with van der Waals surface area (Å²) in [6.07, 6.45) is 11.3. The number of nitrogens with zero attached hydrogens (tertiary/aromatic N) is 2. The van der Waals surface area contributed by atoms with Crippen LogP contribution in [0.15, 0.2) is 18.3 Å². The highest BCUT2D eigenvalue weighted by molar-refractivity contribution is 5.41. The Kier molecular flexibility index (Phi) is 4.02. The fourth-order valence-electron chi connectivity index (χ4n) is 3.81. The highest BCUT2D eigenvalue weighted by atomic mass is 15.2. The van der Waals surface area contributed by atoms with E-state index < -0.39 is 0 Å². The van der Waals surface area contributed by atoms with Crippen LogP contribution >= 0.6 is 0 Å². The van der Waals surface area contributed by atoms with Crippen molar-refractivity contribution in [3.63, 3.8) is 0 Å². The molecule has 104 valence electrons. The summed E-state index contributed by atoms with van der Waals surface area (Å²) in [7, 11) is 0. The average Bonchev–Trinajstić information content (AvgIpc) is 2.48. The van der Waals surface area contributed by atoms with Crippen LogP contribution in [0.4, 0.5) is 5.82 Å². The van der Waals surface area contributed by atoms with Gasteiger partial charge in [-0.25, -0.2) is 4.98 Å². The Balaban J connectivity index is 1.75. The van der Waals surface area contributed by atoms with E-state index in [0.29, 0.717) is 6.54 Å². The van der Waals surface area contributed by atoms with Crippen molar-refractivity contribution in [2.75, 3.05) is 18.0 Å². The molecule has 1 aliphatic carbocycles. The zero-order chi connectivity index (χ0) is 13.1. The quantitative estimate of drug-likeness (QED) is 0.907. The predicted octanol–water partition coefficient (Wildman–Crippen LogP) is 2.74. The van der Waals surface area contributed by atoms with Gasteiger partial charge in [-0.1, -0.05) is 18.9 Å². The first-order chi connectivity index (χ1) is 9.38. The first kappa shape index (κ1) is 12.9. The third kappa shape index (κ3) is 2.76. The normalized spacial score (nSPS) is 27.1. The Morgan fingerprint density at radius 1 is 1.16 bits per heavy atom. The molecule has 2 aliphatic rings. The second-order valence-electron chi connectivity index (χ2n) is 6.01. The van der Waals surface area contributed by atoms with Crippen molar-refractivity contribution in [1.29, 1.82) is 0 Å². The topological polar surface area (TPSA) is 42.1 Å². The minimum atomic E-state index is 0.704. The van der Waals surface area contributed by atoms with Gasteiger partial charge in [-0.2, -0.15) is 0 Å². The van der Waals surface area contributed by atoms with Gasteiger partial charge in [0.25, 0.3) is 0 Å². The lowest BCUT2D eigenvalue weighted by atomic mass is 9.78. The maximum atomic E-state index is 5.59. The molecule has 1 aromatic rings. The van der Waals surface area contributed by atoms with E-state index in [1.807, 2.05) is 6.20 Å². The molecule has 1 aliphatic heterocycles. The van der Waals surface area contributed by atoms with Crippen molar-refractivity contribution >= 4 is 5.82 Å². The number of fused-ring (bicyclic) bond motifs is 1. The van der Waals surface area contributed by atoms with Crippen molar-refractivity contribution < 1.29 is 0 Å². The zero-order valence-electron chi connectivity index (χ0n) is 11.7. The van der Waals surface area contributed by atoms with Crippen molar-refractivity contribution in [2.24, 2.45) is 11.7 Å². The molecule has 19 heavy (non-hydrogen) atoms. The molecule has 3 rings (SSSR count). The molecule has 0 unspecified atom stereocenters. The molecule has 0 amide bonds. The fourth-order valence-corrected chi connectivity index (χ4v) is 3.81. The second kappa shape index (κ2) is 5.91. The summed E-state index contributed by atoms with van der Waals surface area (Å²) < 4.78 is 0. The third-order valence-electron chi connectivity index (χ3n) is 4.78. The molecule has 0 aromatic carbocycles. The summed E-state index contributed by atoms with van der Waals surface area (Å²) >= 11 is 0. The van der Waals surface area contributed by atoms with Gasteiger partial charge in [0.15, 0.2) is 0 Å². The van der Waals surface area contributed by atoms with E-state index in [0.717, 1.165) is 18.4 Å². The lowest BCUT2D eigenvalue weighted by molar-refractivity contribution is 0.243. The van der Waals surface area contributed by atoms with Gasteiger partial charge >= 0.3 is 0 Å². The van der Waals surface area contributed by atoms with E-state index in [2.05, 4.69) is 22.0 Å². The molecule has 3 nitrogen and oxygen atoms in total. The summed E-state index contributed by atoms with van der Waals surface area (Å²) in [5.74, 6) is 2.09. The van der Waals surface area contributed by atoms with Crippen molar-refractivity contribution in [2.45, 2.75) is 51.0 Å². The molecule has 1 aromatic heterocycles. The zero-order valence-corrected chi connectivity index (χ0v) is 11.7. The number of hydrogen-bond donors (Lipinski definition) is 1. The lowest BCUT2D eigenvalue weighted by Gasteiger charge is -2.44. The first-order valence-corrected chi connectivity index (χ1v) is 7.80. The maximum absolute atomic E-state index is 5.59. The summed E-state index contributed by atoms with van der Waals surface area (Å²) in [5.41, 5.74) is 6.84. The summed E-state index contributed by atoms with van der Waals surface area (Å²) in [4.78, 5) is 7.25. The standard InChI is InChI=1S/C16H25N3/c17-10-9-13-7-8-16(18-12-13)19-11-3-5-14-4-1-2-6-15(14)19/h7-8,12,14-15H,1-6,9-11,17H2/t14-,15-/m1/s1. The maximum Gasteiger partial charge on any atom is 0.128 e. The number of anilines is 1. The van der Waals surface area contributed by atoms with E-state index in [1.54, 1.807) is 0 Å². The van der Waals surface area contributed by atoms with Gasteiger partial charge in [0.05, 0.1) is 0 Å². The SMILES string of the molecule is NCCc1ccc(N2CCC[C@H]3CCCC[C@H]32)nc1. The highest BCUT2D eigenvalue weighted by Crippen LogP contribution is 2.37. The Morgan fingerprint density at radius 2 is 2.00 bits per heavy atom. The van der Waals surface area contributed by atoms with Crippen LogP contribution in [-0.2, 0) is 6.42 Å². The number of nitrogens with two attached hydrogens (primary N) is 1. The van der Waals surface area contributed by atoms with Gasteiger partial charge in [-0.3, -0.25) is 0 Å². The second-order valence-corrected chi connectivity index (χ2v) is 6.01. The molecule has 2 heterocycles. The molecule has 1 saturated carbocycles. The van der Waals surface area contributed by atoms with Crippen molar-refractivity contribution in [3.05, 3.63) is 23.9 Å². The molecule has 2 atom stereocenters. The molecule has 0 bridgehead atoms. The fraction of sp³-hybridized carbons (Fsp3) is 0.688. The summed E-state index contributed by atoms with van der Waals surface area (Å²) in [6, 6.07) is 5.14. The van der Waals surface area contributed by atoms with Gasteiger partial charge in [-0.05, 0) is 56.2 Å². The Bertz CT molecular complexity index is 399. The number of hydrogen-bond acceptors (Lipinski definition) is 3. The molecule has 2 fully saturated rings. The number of rotatable bonds is 3. The average molecular weight is 259 g/mol. The molecule has 1 saturated heterocycles. The predicted molar refractivity (Wildman–Crippen MR) is 79.3 cm³/mol. The smallest absolute Gasteiger partial charge is 0.128 e. The number of aromatic nitrogens is 1. The van der Waals surface area contributed by atoms with Crippen LogP contribution in [-0.4, -0.2) is 24.1 Å². The van der Waals surface area contributed by atoms with E-state index in [-0.39, 0.29) is 0 Å². The molecule has 3 heteroatoms. The monoisotopic (exact) mass is 259 g/mol. The number of piperidine rings is 1. The van der Waals surface area contributed by atoms with Crippen LogP contribution < -0.4 is 10.6 Å². The minimum absolute atomic E-state index is 0.704. The van der Waals surface area contributed by atoms with Gasteiger partial charge in [0, 0.05) is 18.8 Å². The minimum Gasteiger partial charge on any atom is -0.353 e. The van der Waals surface area contributed by atoms with Gasteiger partial charge in [0.2, 0.25) is 0 Å². The van der Waals surface area contributed by atoms with Crippen LogP contribution in [0.1, 0.15) is 44.1 Å². The van der Waals surface area contributed by atoms with Crippen LogP contribution in [0, 0.1) is 5.92 Å². The third-order valence-corrected chi connectivity index (χ3v) is 4.78. The largest absolute Gasteiger partial charge is 0.353 e. The van der Waals surface area contributed by atoms with Gasteiger partial charge in [0.1, 0.15) is 5.82 Å². The Hall–Kier alpha value is -1.09. The number of pyridine rings is 1. The molecule has 0 radical (unpaired) electrons. The lowest BCUT2D eigenvalue weighted by Crippen LogP contribution is -2.47. The van der Waals surface area contributed by atoms with Crippen LogP contribution in [0.3, 0.4) is 0 Å². The molecular weight excluding hydrogens is 234 g/mol. The van der Waals surface area contributed by atoms with E-state index >= 15 is 0 Å². The van der Waals surface area contributed by atoms with E-state index in [4.69, 9.17) is 5.73 Å². The Morgan fingerprint density at radius 3 is 2.79 bits per heavy atom. The molecule has 0 spiro atoms. The van der Waals surface area contributed by atoms with Crippen molar-refractivity contribution in [3.8, 4) is 0 Å². The summed E-state index contributed by atoms with van der Waals surface area (Å²) in [6.45, 7) is 1.89. The summed E-state index contributed by atoms with van der Waals surface area (Å²) in [5, 5.41) is 0. The van der Waals surface area contributed by atoms with Gasteiger partial charge in [-0.15, -0.1) is 0 Å². The van der Waals surface area contributed by atoms with Crippen molar-refractivity contribution in [1.82, 2.24) is 4.98 Å². The molecular formula is C16H25N3.